The van der Waals surface area contributed by atoms with E-state index in [9.17, 15) is 14.0 Å². The van der Waals surface area contributed by atoms with Crippen LogP contribution in [0.5, 0.6) is 11.5 Å². The molecule has 0 aliphatic carbocycles. The molecule has 0 bridgehead atoms. The molecular weight excluding hydrogens is 365 g/mol. The average Bonchev–Trinajstić information content (AvgIpc) is 2.71. The highest BCUT2D eigenvalue weighted by molar-refractivity contribution is 5.90. The summed E-state index contributed by atoms with van der Waals surface area (Å²) < 4.78 is 28.9. The largest absolute Gasteiger partial charge is 0.486 e. The lowest BCUT2D eigenvalue weighted by molar-refractivity contribution is -0.150. The molecule has 1 aliphatic heterocycles. The lowest BCUT2D eigenvalue weighted by atomic mass is 10.2. The summed E-state index contributed by atoms with van der Waals surface area (Å²) >= 11 is 0. The minimum Gasteiger partial charge on any atom is -0.486 e. The maximum absolute atomic E-state index is 12.9. The number of nitrogens with one attached hydrogen (secondary N) is 1. The van der Waals surface area contributed by atoms with Gasteiger partial charge in [-0.1, -0.05) is 18.2 Å². The van der Waals surface area contributed by atoms with Crippen LogP contribution in [0.1, 0.15) is 18.1 Å². The fourth-order valence-corrected chi connectivity index (χ4v) is 2.53. The second-order valence-electron chi connectivity index (χ2n) is 6.16. The Morgan fingerprint density at radius 3 is 2.61 bits per heavy atom. The van der Waals surface area contributed by atoms with Gasteiger partial charge in [0, 0.05) is 12.6 Å². The van der Waals surface area contributed by atoms with Crippen molar-refractivity contribution in [3.8, 4) is 11.5 Å². The summed E-state index contributed by atoms with van der Waals surface area (Å²) in [4.78, 5) is 24.0. The van der Waals surface area contributed by atoms with E-state index in [2.05, 4.69) is 5.32 Å². The first kappa shape index (κ1) is 19.4. The highest BCUT2D eigenvalue weighted by atomic mass is 19.1. The Bertz CT molecular complexity index is 879. The zero-order chi connectivity index (χ0) is 19.9. The van der Waals surface area contributed by atoms with E-state index < -0.39 is 18.0 Å². The topological polar surface area (TPSA) is 73.9 Å². The van der Waals surface area contributed by atoms with Crippen LogP contribution in [0, 0.1) is 5.82 Å². The van der Waals surface area contributed by atoms with Crippen LogP contribution < -0.4 is 14.8 Å². The van der Waals surface area contributed by atoms with Gasteiger partial charge in [0.05, 0.1) is 0 Å². The van der Waals surface area contributed by atoms with Crippen molar-refractivity contribution in [3.63, 3.8) is 0 Å². The van der Waals surface area contributed by atoms with Crippen LogP contribution in [0.2, 0.25) is 0 Å². The molecule has 1 amide bonds. The van der Waals surface area contributed by atoms with Gasteiger partial charge in [-0.2, -0.15) is 0 Å². The molecule has 0 saturated heterocycles. The van der Waals surface area contributed by atoms with E-state index in [1.807, 2.05) is 0 Å². The van der Waals surface area contributed by atoms with Crippen molar-refractivity contribution in [1.29, 1.82) is 0 Å². The number of carbonyl (C=O) groups excluding carboxylic acids is 2. The van der Waals surface area contributed by atoms with Crippen LogP contribution in [0.15, 0.2) is 48.5 Å². The Hall–Kier alpha value is -3.35. The van der Waals surface area contributed by atoms with E-state index in [-0.39, 0.29) is 12.4 Å². The molecule has 146 valence electrons. The van der Waals surface area contributed by atoms with E-state index in [1.54, 1.807) is 36.4 Å². The van der Waals surface area contributed by atoms with E-state index >= 15 is 0 Å². The highest BCUT2D eigenvalue weighted by Gasteiger charge is 2.16. The molecule has 2 aromatic rings. The number of carbonyl (C=O) groups is 2. The van der Waals surface area contributed by atoms with Crippen LogP contribution in [0.3, 0.4) is 0 Å². The summed E-state index contributed by atoms with van der Waals surface area (Å²) in [5.74, 6) is -0.139. The number of esters is 1. The molecule has 1 N–H and O–H groups in total. The van der Waals surface area contributed by atoms with Crippen molar-refractivity contribution >= 4 is 18.0 Å². The number of ether oxygens (including phenoxy) is 3. The maximum atomic E-state index is 12.9. The summed E-state index contributed by atoms with van der Waals surface area (Å²) in [6, 6.07) is 11.1. The van der Waals surface area contributed by atoms with Gasteiger partial charge in [-0.3, -0.25) is 4.79 Å². The summed E-state index contributed by atoms with van der Waals surface area (Å²) in [7, 11) is 0. The fourth-order valence-electron chi connectivity index (χ4n) is 2.53. The quantitative estimate of drug-likeness (QED) is 0.611. The first-order chi connectivity index (χ1) is 13.5. The second-order valence-corrected chi connectivity index (χ2v) is 6.16. The third kappa shape index (κ3) is 5.33. The standard InChI is InChI=1S/C21H20FNO5/c1-14(21(25)23-13-16-2-6-17(22)7-3-16)28-20(24)9-5-15-4-8-18-19(12-15)27-11-10-26-18/h2-9,12,14H,10-11,13H2,1H3,(H,23,25)/b9-5+. The van der Waals surface area contributed by atoms with Gasteiger partial charge in [0.15, 0.2) is 17.6 Å². The van der Waals surface area contributed by atoms with E-state index in [0.717, 1.165) is 11.1 Å². The summed E-state index contributed by atoms with van der Waals surface area (Å²) in [5.41, 5.74) is 1.49. The van der Waals surface area contributed by atoms with Crippen molar-refractivity contribution in [2.45, 2.75) is 19.6 Å². The fraction of sp³-hybridized carbons (Fsp3) is 0.238. The Morgan fingerprint density at radius 2 is 1.86 bits per heavy atom. The zero-order valence-electron chi connectivity index (χ0n) is 15.3. The Labute approximate surface area is 161 Å². The first-order valence-electron chi connectivity index (χ1n) is 8.82. The smallest absolute Gasteiger partial charge is 0.331 e. The van der Waals surface area contributed by atoms with Crippen molar-refractivity contribution in [2.24, 2.45) is 0 Å². The van der Waals surface area contributed by atoms with Crippen molar-refractivity contribution in [1.82, 2.24) is 5.32 Å². The molecule has 1 aliphatic rings. The number of halogens is 1. The van der Waals surface area contributed by atoms with Gasteiger partial charge in [0.1, 0.15) is 19.0 Å². The van der Waals surface area contributed by atoms with Crippen molar-refractivity contribution < 1.29 is 28.2 Å². The zero-order valence-corrected chi connectivity index (χ0v) is 15.3. The molecule has 0 spiro atoms. The molecule has 2 aromatic carbocycles. The summed E-state index contributed by atoms with van der Waals surface area (Å²) in [6.07, 6.45) is 1.86. The molecule has 1 atom stereocenters. The number of rotatable bonds is 6. The van der Waals surface area contributed by atoms with Gasteiger partial charge in [-0.05, 0) is 48.4 Å². The molecule has 7 heteroatoms. The van der Waals surface area contributed by atoms with Gasteiger partial charge in [-0.25, -0.2) is 9.18 Å². The molecule has 28 heavy (non-hydrogen) atoms. The molecule has 6 nitrogen and oxygen atoms in total. The molecule has 0 aromatic heterocycles. The normalized spacial score (nSPS) is 13.8. The van der Waals surface area contributed by atoms with Crippen molar-refractivity contribution in [3.05, 3.63) is 65.5 Å². The molecule has 0 radical (unpaired) electrons. The number of amides is 1. The number of hydrogen-bond acceptors (Lipinski definition) is 5. The third-order valence-corrected chi connectivity index (χ3v) is 4.02. The predicted molar refractivity (Wildman–Crippen MR) is 100 cm³/mol. The Morgan fingerprint density at radius 1 is 1.14 bits per heavy atom. The SMILES string of the molecule is CC(OC(=O)/C=C/c1ccc2c(c1)OCCO2)C(=O)NCc1ccc(F)cc1. The molecule has 1 unspecified atom stereocenters. The number of benzene rings is 2. The van der Waals surface area contributed by atoms with Crippen LogP contribution in [0.4, 0.5) is 4.39 Å². The molecule has 3 rings (SSSR count). The van der Waals surface area contributed by atoms with E-state index in [1.165, 1.54) is 25.1 Å². The molecule has 0 saturated carbocycles. The third-order valence-electron chi connectivity index (χ3n) is 4.02. The van der Waals surface area contributed by atoms with Crippen LogP contribution in [-0.4, -0.2) is 31.2 Å². The summed E-state index contributed by atoms with van der Waals surface area (Å²) in [5, 5.41) is 2.64. The first-order valence-corrected chi connectivity index (χ1v) is 8.82. The van der Waals surface area contributed by atoms with E-state index in [0.29, 0.717) is 24.7 Å². The predicted octanol–water partition coefficient (Wildman–Crippen LogP) is 2.86. The number of fused-ring (bicyclic) bond motifs is 1. The lowest BCUT2D eigenvalue weighted by Gasteiger charge is -2.18. The van der Waals surface area contributed by atoms with Crippen LogP contribution in [0.25, 0.3) is 6.08 Å². The summed E-state index contributed by atoms with van der Waals surface area (Å²) in [6.45, 7) is 2.69. The minimum atomic E-state index is -0.960. The Balaban J connectivity index is 1.48. The lowest BCUT2D eigenvalue weighted by Crippen LogP contribution is -2.35. The van der Waals surface area contributed by atoms with Crippen LogP contribution >= 0.6 is 0 Å². The average molecular weight is 385 g/mol. The minimum absolute atomic E-state index is 0.216. The van der Waals surface area contributed by atoms with Gasteiger partial charge in [0.25, 0.3) is 5.91 Å². The number of hydrogen-bond donors (Lipinski definition) is 1. The van der Waals surface area contributed by atoms with Gasteiger partial charge < -0.3 is 19.5 Å². The van der Waals surface area contributed by atoms with Gasteiger partial charge in [0.2, 0.25) is 0 Å². The monoisotopic (exact) mass is 385 g/mol. The molecular formula is C21H20FNO5. The van der Waals surface area contributed by atoms with Gasteiger partial charge in [-0.15, -0.1) is 0 Å². The van der Waals surface area contributed by atoms with E-state index in [4.69, 9.17) is 14.2 Å². The van der Waals surface area contributed by atoms with Gasteiger partial charge >= 0.3 is 5.97 Å². The highest BCUT2D eigenvalue weighted by Crippen LogP contribution is 2.31. The molecule has 0 fully saturated rings. The van der Waals surface area contributed by atoms with Crippen LogP contribution in [-0.2, 0) is 20.9 Å². The maximum Gasteiger partial charge on any atom is 0.331 e. The van der Waals surface area contributed by atoms with Crippen molar-refractivity contribution in [2.75, 3.05) is 13.2 Å². The Kier molecular flexibility index (Phi) is 6.26. The second kappa shape index (κ2) is 9.03. The molecule has 1 heterocycles.